The highest BCUT2D eigenvalue weighted by Crippen LogP contribution is 2.39. The van der Waals surface area contributed by atoms with Gasteiger partial charge in [-0.25, -0.2) is 0 Å². The Balaban J connectivity index is 2.41. The van der Waals surface area contributed by atoms with Gasteiger partial charge < -0.3 is 5.11 Å². The van der Waals surface area contributed by atoms with Crippen LogP contribution in [-0.4, -0.2) is 5.11 Å². The number of thiophene rings is 1. The fraction of sp³-hybridized carbons (Fsp3) is 0.250. The van der Waals surface area contributed by atoms with Gasteiger partial charge in [-0.3, -0.25) is 0 Å². The Kier molecular flexibility index (Phi) is 3.27. The van der Waals surface area contributed by atoms with E-state index in [1.165, 1.54) is 25.5 Å². The van der Waals surface area contributed by atoms with Crippen LogP contribution in [0.2, 0.25) is 0 Å². The largest absolute Gasteiger partial charge is 0.508 e. The Morgan fingerprint density at radius 2 is 1.53 bits per heavy atom. The minimum absolute atomic E-state index is 0.413. The van der Waals surface area contributed by atoms with E-state index >= 15 is 0 Å². The zero-order valence-corrected chi connectivity index (χ0v) is 13.4. The third kappa shape index (κ3) is 2.05. The molecule has 0 aliphatic heterocycles. The molecular weight excluding hydrogens is 320 g/mol. The maximum Gasteiger partial charge on any atom is 0.120 e. The SMILES string of the molecule is CCc1cc2c(cc1O)sc1cc(Br)c(CC)cc12. The van der Waals surface area contributed by atoms with E-state index in [1.807, 2.05) is 6.07 Å². The highest BCUT2D eigenvalue weighted by molar-refractivity contribution is 9.10. The van der Waals surface area contributed by atoms with Gasteiger partial charge in [0.2, 0.25) is 0 Å². The molecular formula is C16H15BrOS. The minimum Gasteiger partial charge on any atom is -0.508 e. The zero-order valence-electron chi connectivity index (χ0n) is 11.0. The summed E-state index contributed by atoms with van der Waals surface area (Å²) in [6.45, 7) is 4.24. The van der Waals surface area contributed by atoms with E-state index in [1.54, 1.807) is 11.3 Å². The van der Waals surface area contributed by atoms with E-state index in [2.05, 4.69) is 48.0 Å². The number of phenols is 1. The maximum atomic E-state index is 9.99. The molecule has 2 aromatic carbocycles. The van der Waals surface area contributed by atoms with Crippen molar-refractivity contribution in [3.8, 4) is 5.75 Å². The van der Waals surface area contributed by atoms with Gasteiger partial charge in [0.1, 0.15) is 5.75 Å². The second-order valence-electron chi connectivity index (χ2n) is 4.73. The van der Waals surface area contributed by atoms with Crippen molar-refractivity contribution in [3.63, 3.8) is 0 Å². The number of fused-ring (bicyclic) bond motifs is 3. The lowest BCUT2D eigenvalue weighted by Crippen LogP contribution is -1.83. The third-order valence-corrected chi connectivity index (χ3v) is 5.45. The van der Waals surface area contributed by atoms with Crippen LogP contribution in [0, 0.1) is 0 Å². The smallest absolute Gasteiger partial charge is 0.120 e. The van der Waals surface area contributed by atoms with Crippen LogP contribution in [0.15, 0.2) is 28.7 Å². The lowest BCUT2D eigenvalue weighted by atomic mass is 10.0. The van der Waals surface area contributed by atoms with E-state index < -0.39 is 0 Å². The van der Waals surface area contributed by atoms with Crippen LogP contribution in [0.25, 0.3) is 20.2 Å². The summed E-state index contributed by atoms with van der Waals surface area (Å²) in [7, 11) is 0. The van der Waals surface area contributed by atoms with E-state index in [9.17, 15) is 5.11 Å². The number of halogens is 1. The molecule has 0 aliphatic rings. The molecule has 0 radical (unpaired) electrons. The lowest BCUT2D eigenvalue weighted by Gasteiger charge is -2.03. The van der Waals surface area contributed by atoms with Crippen LogP contribution < -0.4 is 0 Å². The van der Waals surface area contributed by atoms with E-state index in [4.69, 9.17) is 0 Å². The van der Waals surface area contributed by atoms with Gasteiger partial charge in [0.25, 0.3) is 0 Å². The molecule has 3 heteroatoms. The van der Waals surface area contributed by atoms with Crippen molar-refractivity contribution in [3.05, 3.63) is 39.9 Å². The number of hydrogen-bond acceptors (Lipinski definition) is 2. The average molecular weight is 335 g/mol. The Morgan fingerprint density at radius 3 is 2.16 bits per heavy atom. The van der Waals surface area contributed by atoms with Crippen molar-refractivity contribution in [1.82, 2.24) is 0 Å². The standard InChI is InChI=1S/C16H15BrOS/c1-3-9-5-11-12-6-10(4-2)14(18)8-16(12)19-15(11)7-13(9)17/h5-8,18H,3-4H2,1-2H3. The van der Waals surface area contributed by atoms with E-state index in [0.717, 1.165) is 23.1 Å². The second kappa shape index (κ2) is 4.80. The molecule has 98 valence electrons. The summed E-state index contributed by atoms with van der Waals surface area (Å²) >= 11 is 5.37. The molecule has 0 bridgehead atoms. The average Bonchev–Trinajstić information content (AvgIpc) is 2.72. The Hall–Kier alpha value is -1.06. The molecule has 0 aliphatic carbocycles. The molecule has 0 saturated carbocycles. The molecule has 1 N–H and O–H groups in total. The molecule has 0 unspecified atom stereocenters. The molecule has 1 nitrogen and oxygen atoms in total. The molecule has 0 amide bonds. The van der Waals surface area contributed by atoms with Gasteiger partial charge >= 0.3 is 0 Å². The number of aromatic hydroxyl groups is 1. The molecule has 0 atom stereocenters. The van der Waals surface area contributed by atoms with Crippen LogP contribution in [0.3, 0.4) is 0 Å². The van der Waals surface area contributed by atoms with Gasteiger partial charge in [0.05, 0.1) is 0 Å². The summed E-state index contributed by atoms with van der Waals surface area (Å²) in [6.07, 6.45) is 1.88. The van der Waals surface area contributed by atoms with Crippen molar-refractivity contribution in [2.24, 2.45) is 0 Å². The molecule has 0 saturated heterocycles. The predicted molar refractivity (Wildman–Crippen MR) is 87.5 cm³/mol. The first-order chi connectivity index (χ1) is 9.13. The normalized spacial score (nSPS) is 11.5. The van der Waals surface area contributed by atoms with Crippen molar-refractivity contribution in [2.75, 3.05) is 0 Å². The molecule has 0 spiro atoms. The fourth-order valence-corrected chi connectivity index (χ4v) is 4.39. The van der Waals surface area contributed by atoms with E-state index in [-0.39, 0.29) is 0 Å². The Labute approximate surface area is 125 Å². The monoisotopic (exact) mass is 334 g/mol. The topological polar surface area (TPSA) is 20.2 Å². The number of phenolic OH excluding ortho intramolecular Hbond substituents is 1. The van der Waals surface area contributed by atoms with Gasteiger partial charge in [0.15, 0.2) is 0 Å². The summed E-state index contributed by atoms with van der Waals surface area (Å²) < 4.78 is 3.60. The molecule has 1 heterocycles. The van der Waals surface area contributed by atoms with Gasteiger partial charge in [-0.15, -0.1) is 11.3 Å². The molecule has 0 fully saturated rings. The first-order valence-corrected chi connectivity index (χ1v) is 8.11. The predicted octanol–water partition coefficient (Wildman–Crippen LogP) is 5.65. The quantitative estimate of drug-likeness (QED) is 0.642. The second-order valence-corrected chi connectivity index (χ2v) is 6.66. The Morgan fingerprint density at radius 1 is 0.947 bits per heavy atom. The number of rotatable bonds is 2. The number of hydrogen-bond donors (Lipinski definition) is 1. The Bertz CT molecular complexity index is 709. The van der Waals surface area contributed by atoms with Crippen LogP contribution in [-0.2, 0) is 12.8 Å². The molecule has 1 aromatic heterocycles. The lowest BCUT2D eigenvalue weighted by molar-refractivity contribution is 0.470. The highest BCUT2D eigenvalue weighted by atomic mass is 79.9. The van der Waals surface area contributed by atoms with Crippen molar-refractivity contribution in [2.45, 2.75) is 26.7 Å². The van der Waals surface area contributed by atoms with Gasteiger partial charge in [0, 0.05) is 24.6 Å². The minimum atomic E-state index is 0.413. The van der Waals surface area contributed by atoms with Gasteiger partial charge in [-0.2, -0.15) is 0 Å². The summed E-state index contributed by atoms with van der Waals surface area (Å²) in [5, 5.41) is 12.5. The van der Waals surface area contributed by atoms with E-state index in [0.29, 0.717) is 5.75 Å². The molecule has 3 aromatic rings. The fourth-order valence-electron chi connectivity index (χ4n) is 2.48. The van der Waals surface area contributed by atoms with Crippen molar-refractivity contribution < 1.29 is 5.11 Å². The van der Waals surface area contributed by atoms with Crippen LogP contribution in [0.5, 0.6) is 5.75 Å². The third-order valence-electron chi connectivity index (χ3n) is 3.60. The molecule has 19 heavy (non-hydrogen) atoms. The summed E-state index contributed by atoms with van der Waals surface area (Å²) in [4.78, 5) is 0. The first kappa shape index (κ1) is 12.9. The van der Waals surface area contributed by atoms with Crippen LogP contribution in [0.4, 0.5) is 0 Å². The van der Waals surface area contributed by atoms with Gasteiger partial charge in [-0.05, 0) is 48.2 Å². The molecule has 3 rings (SSSR count). The van der Waals surface area contributed by atoms with Crippen LogP contribution >= 0.6 is 27.3 Å². The number of aryl methyl sites for hydroxylation is 2. The summed E-state index contributed by atoms with van der Waals surface area (Å²) in [6, 6.07) is 8.51. The highest BCUT2D eigenvalue weighted by Gasteiger charge is 2.11. The maximum absolute atomic E-state index is 9.99. The van der Waals surface area contributed by atoms with Crippen molar-refractivity contribution in [1.29, 1.82) is 0 Å². The number of benzene rings is 2. The first-order valence-electron chi connectivity index (χ1n) is 6.50. The summed E-state index contributed by atoms with van der Waals surface area (Å²) in [5.74, 6) is 0.413. The van der Waals surface area contributed by atoms with Gasteiger partial charge in [-0.1, -0.05) is 29.8 Å². The van der Waals surface area contributed by atoms with Crippen molar-refractivity contribution >= 4 is 47.4 Å². The van der Waals surface area contributed by atoms with Crippen LogP contribution in [0.1, 0.15) is 25.0 Å². The summed E-state index contributed by atoms with van der Waals surface area (Å²) in [5.41, 5.74) is 2.35. The zero-order chi connectivity index (χ0) is 13.6.